The van der Waals surface area contributed by atoms with Crippen LogP contribution in [-0.4, -0.2) is 26.9 Å². The first-order valence-electron chi connectivity index (χ1n) is 10.6. The molecule has 2 aromatic carbocycles. The largest absolute Gasteiger partial charge is 0.272 e. The molecule has 0 saturated heterocycles. The monoisotopic (exact) mass is 463 g/mol. The second kappa shape index (κ2) is 6.81. The summed E-state index contributed by atoms with van der Waals surface area (Å²) in [4.78, 5) is 13.5. The van der Waals surface area contributed by atoms with Crippen molar-refractivity contribution >= 4 is 46.2 Å². The van der Waals surface area contributed by atoms with Crippen molar-refractivity contribution in [3.05, 3.63) is 63.8 Å². The minimum atomic E-state index is -0.331. The molecule has 1 aliphatic heterocycles. The van der Waals surface area contributed by atoms with Gasteiger partial charge in [0.2, 0.25) is 5.91 Å². The summed E-state index contributed by atoms with van der Waals surface area (Å²) < 4.78 is 2.01. The number of amides is 1. The fourth-order valence-corrected chi connectivity index (χ4v) is 6.32. The molecule has 32 heavy (non-hydrogen) atoms. The van der Waals surface area contributed by atoms with Gasteiger partial charge in [0.1, 0.15) is 0 Å². The van der Waals surface area contributed by atoms with Gasteiger partial charge in [-0.2, -0.15) is 15.5 Å². The van der Waals surface area contributed by atoms with Gasteiger partial charge in [-0.15, -0.1) is 0 Å². The van der Waals surface area contributed by atoms with E-state index in [-0.39, 0.29) is 22.8 Å². The van der Waals surface area contributed by atoms with E-state index in [4.69, 9.17) is 28.5 Å². The maximum absolute atomic E-state index is 13.5. The number of carbonyl (C=O) groups excluding carboxylic acids is 1. The fourth-order valence-electron chi connectivity index (χ4n) is 5.88. The van der Waals surface area contributed by atoms with E-state index in [2.05, 4.69) is 16.3 Å². The summed E-state index contributed by atoms with van der Waals surface area (Å²) in [6.07, 6.45) is 6.76. The summed E-state index contributed by atoms with van der Waals surface area (Å²) in [7, 11) is 0. The molecule has 160 valence electrons. The number of benzene rings is 2. The van der Waals surface area contributed by atoms with Crippen molar-refractivity contribution in [2.75, 3.05) is 0 Å². The van der Waals surface area contributed by atoms with Crippen LogP contribution in [0, 0.1) is 22.2 Å². The Bertz CT molecular complexity index is 1330. The summed E-state index contributed by atoms with van der Waals surface area (Å²) in [5.41, 5.74) is 2.27. The Morgan fingerprint density at radius 2 is 2.03 bits per heavy atom. The minimum absolute atomic E-state index is 0.0816. The number of hydrazone groups is 1. The summed E-state index contributed by atoms with van der Waals surface area (Å²) in [5.74, 6) is 0.0816. The van der Waals surface area contributed by atoms with Crippen molar-refractivity contribution in [3.8, 4) is 6.07 Å². The molecule has 1 unspecified atom stereocenters. The summed E-state index contributed by atoms with van der Waals surface area (Å²) in [6.45, 7) is 0.782. The third kappa shape index (κ3) is 2.74. The average molecular weight is 464 g/mol. The highest BCUT2D eigenvalue weighted by molar-refractivity contribution is 6.42. The summed E-state index contributed by atoms with van der Waals surface area (Å²) in [5, 5.41) is 21.6. The molecule has 2 bridgehead atoms. The normalized spacial score (nSPS) is 27.8. The van der Waals surface area contributed by atoms with Crippen LogP contribution in [0.25, 0.3) is 10.9 Å². The number of halogens is 2. The molecule has 0 N–H and O–H groups in total. The average Bonchev–Trinajstić information content (AvgIpc) is 3.38. The Morgan fingerprint density at radius 1 is 1.22 bits per heavy atom. The van der Waals surface area contributed by atoms with Crippen molar-refractivity contribution in [2.24, 2.45) is 15.9 Å². The predicted molar refractivity (Wildman–Crippen MR) is 122 cm³/mol. The van der Waals surface area contributed by atoms with Gasteiger partial charge in [0.05, 0.1) is 44.8 Å². The van der Waals surface area contributed by atoms with Crippen LogP contribution >= 0.6 is 23.2 Å². The molecule has 1 amide bonds. The first-order valence-corrected chi connectivity index (χ1v) is 11.4. The Morgan fingerprint density at radius 3 is 2.81 bits per heavy atom. The molecule has 1 aromatic heterocycles. The van der Waals surface area contributed by atoms with Gasteiger partial charge in [-0.3, -0.25) is 9.48 Å². The molecule has 1 atom stereocenters. The lowest BCUT2D eigenvalue weighted by atomic mass is 9.34. The molecule has 3 fully saturated rings. The molecule has 0 radical (unpaired) electrons. The molecular weight excluding hydrogens is 445 g/mol. The zero-order chi connectivity index (χ0) is 22.1. The van der Waals surface area contributed by atoms with Gasteiger partial charge in [-0.05, 0) is 54.5 Å². The van der Waals surface area contributed by atoms with Crippen LogP contribution in [0.3, 0.4) is 0 Å². The number of hydrogen-bond acceptors (Lipinski definition) is 4. The molecule has 0 spiro atoms. The molecule has 2 heterocycles. The zero-order valence-electron chi connectivity index (χ0n) is 17.1. The van der Waals surface area contributed by atoms with Crippen LogP contribution < -0.4 is 0 Å². The van der Waals surface area contributed by atoms with Gasteiger partial charge in [0, 0.05) is 24.6 Å². The number of aromatic nitrogens is 2. The van der Waals surface area contributed by atoms with Crippen LogP contribution in [0.2, 0.25) is 10.0 Å². The Hall–Kier alpha value is -2.88. The van der Waals surface area contributed by atoms with Gasteiger partial charge in [0.15, 0.2) is 0 Å². The van der Waals surface area contributed by atoms with Gasteiger partial charge in [-0.25, -0.2) is 5.01 Å². The molecule has 3 aromatic rings. The Kier molecular flexibility index (Phi) is 4.21. The molecule has 4 aliphatic rings. The van der Waals surface area contributed by atoms with Crippen molar-refractivity contribution in [2.45, 2.75) is 38.3 Å². The second-order valence-electron chi connectivity index (χ2n) is 9.34. The molecule has 3 saturated carbocycles. The van der Waals surface area contributed by atoms with Gasteiger partial charge < -0.3 is 0 Å². The number of hydrogen-bond donors (Lipinski definition) is 0. The molecule has 8 heteroatoms. The predicted octanol–water partition coefficient (Wildman–Crippen LogP) is 5.34. The van der Waals surface area contributed by atoms with E-state index < -0.39 is 0 Å². The van der Waals surface area contributed by atoms with Crippen LogP contribution in [0.1, 0.15) is 42.9 Å². The number of carbonyl (C=O) groups is 1. The molecule has 6 nitrogen and oxygen atoms in total. The van der Waals surface area contributed by atoms with Crippen molar-refractivity contribution in [3.63, 3.8) is 0 Å². The van der Waals surface area contributed by atoms with Crippen LogP contribution in [0.15, 0.2) is 47.7 Å². The van der Waals surface area contributed by atoms with E-state index in [1.165, 1.54) is 0 Å². The quantitative estimate of drug-likeness (QED) is 0.523. The maximum Gasteiger partial charge on any atom is 0.249 e. The Balaban J connectivity index is 1.18. The fraction of sp³-hybridized carbons (Fsp3) is 0.333. The smallest absolute Gasteiger partial charge is 0.249 e. The molecule has 7 rings (SSSR count). The van der Waals surface area contributed by atoms with Crippen molar-refractivity contribution in [1.82, 2.24) is 14.8 Å². The lowest BCUT2D eigenvalue weighted by Crippen LogP contribution is -2.68. The van der Waals surface area contributed by atoms with Crippen molar-refractivity contribution in [1.29, 1.82) is 5.26 Å². The highest BCUT2D eigenvalue weighted by Gasteiger charge is 2.72. The maximum atomic E-state index is 13.5. The van der Waals surface area contributed by atoms with Crippen molar-refractivity contribution < 1.29 is 4.79 Å². The second-order valence-corrected chi connectivity index (χ2v) is 10.1. The van der Waals surface area contributed by atoms with E-state index in [9.17, 15) is 4.79 Å². The third-order valence-corrected chi connectivity index (χ3v) is 8.06. The zero-order valence-corrected chi connectivity index (χ0v) is 18.6. The summed E-state index contributed by atoms with van der Waals surface area (Å²) in [6, 6.07) is 13.1. The van der Waals surface area contributed by atoms with Gasteiger partial charge in [0.25, 0.3) is 0 Å². The highest BCUT2D eigenvalue weighted by atomic mass is 35.5. The number of fused-ring (bicyclic) bond motifs is 1. The first kappa shape index (κ1) is 19.8. The highest BCUT2D eigenvalue weighted by Crippen LogP contribution is 2.74. The van der Waals surface area contributed by atoms with E-state index in [1.807, 2.05) is 35.0 Å². The van der Waals surface area contributed by atoms with E-state index in [0.717, 1.165) is 42.3 Å². The first-order chi connectivity index (χ1) is 15.4. The number of rotatable bonds is 4. The third-order valence-electron chi connectivity index (χ3n) is 7.23. The van der Waals surface area contributed by atoms with Crippen LogP contribution in [0.5, 0.6) is 0 Å². The van der Waals surface area contributed by atoms with Crippen LogP contribution in [-0.2, 0) is 11.3 Å². The SMILES string of the molecule is N#Cc1ccc2c(cnn2CC23CC(C(=O)N4N=CCC4c4cccc(Cl)c4Cl)(C2)C3)c1. The van der Waals surface area contributed by atoms with Gasteiger partial charge in [-0.1, -0.05) is 35.3 Å². The molecule has 3 aliphatic carbocycles. The lowest BCUT2D eigenvalue weighted by molar-refractivity contribution is -0.223. The minimum Gasteiger partial charge on any atom is -0.272 e. The Labute approximate surface area is 195 Å². The standard InChI is InChI=1S/C24H19Cl2N5O/c25-18-3-1-2-17(21(18)26)20-6-7-28-31(20)22(32)24-11-23(12-24,13-24)14-30-19-5-4-15(9-27)8-16(19)10-29-30/h1-5,7-8,10,20H,6,11-14H2. The number of nitrogens with zero attached hydrogens (tertiary/aromatic N) is 5. The summed E-state index contributed by atoms with van der Waals surface area (Å²) >= 11 is 12.6. The lowest BCUT2D eigenvalue weighted by Gasteiger charge is -2.69. The van der Waals surface area contributed by atoms with E-state index >= 15 is 0 Å². The van der Waals surface area contributed by atoms with Gasteiger partial charge >= 0.3 is 0 Å². The topological polar surface area (TPSA) is 74.3 Å². The molecular formula is C24H19Cl2N5O. The van der Waals surface area contributed by atoms with E-state index in [0.29, 0.717) is 22.0 Å². The van der Waals surface area contributed by atoms with Crippen LogP contribution in [0.4, 0.5) is 0 Å². The van der Waals surface area contributed by atoms with E-state index in [1.54, 1.807) is 23.5 Å². The number of nitriles is 1.